The highest BCUT2D eigenvalue weighted by Gasteiger charge is 2.27. The van der Waals surface area contributed by atoms with E-state index >= 15 is 0 Å². The van der Waals surface area contributed by atoms with Crippen LogP contribution in [0.5, 0.6) is 11.5 Å². The molecule has 6 nitrogen and oxygen atoms in total. The highest BCUT2D eigenvalue weighted by atomic mass is 127. The van der Waals surface area contributed by atoms with Crippen LogP contribution in [0.1, 0.15) is 36.5 Å². The molecule has 2 N–H and O–H groups in total. The van der Waals surface area contributed by atoms with Gasteiger partial charge in [0.15, 0.2) is 5.96 Å². The molecule has 170 valence electrons. The number of benzene rings is 2. The largest absolute Gasteiger partial charge is 0.497 e. The zero-order valence-corrected chi connectivity index (χ0v) is 20.5. The zero-order chi connectivity index (χ0) is 21.5. The smallest absolute Gasteiger partial charge is 0.194 e. The van der Waals surface area contributed by atoms with Crippen molar-refractivity contribution in [3.05, 3.63) is 59.4 Å². The number of hydrogen-bond acceptors (Lipinski definition) is 4. The first-order chi connectivity index (χ1) is 14.5. The van der Waals surface area contributed by atoms with Crippen molar-refractivity contribution in [3.8, 4) is 11.5 Å². The third kappa shape index (κ3) is 6.70. The van der Waals surface area contributed by atoms with Crippen LogP contribution in [0.25, 0.3) is 0 Å². The van der Waals surface area contributed by atoms with E-state index in [0.29, 0.717) is 11.5 Å². The highest BCUT2D eigenvalue weighted by molar-refractivity contribution is 14.0. The molecule has 0 bridgehead atoms. The number of rotatable bonds is 7. The number of likely N-dealkylation sites (tertiary alicyclic amines) is 1. The number of halogens is 2. The molecule has 8 heteroatoms. The van der Waals surface area contributed by atoms with E-state index in [0.717, 1.165) is 43.5 Å². The average Bonchev–Trinajstić information content (AvgIpc) is 3.26. The molecule has 2 atom stereocenters. The molecular weight excluding hydrogens is 512 g/mol. The van der Waals surface area contributed by atoms with Crippen LogP contribution in [0, 0.1) is 5.82 Å². The summed E-state index contributed by atoms with van der Waals surface area (Å²) in [5, 5.41) is 13.7. The summed E-state index contributed by atoms with van der Waals surface area (Å²) >= 11 is 0. The summed E-state index contributed by atoms with van der Waals surface area (Å²) in [6, 6.07) is 11.9. The minimum atomic E-state index is -0.777. The van der Waals surface area contributed by atoms with E-state index < -0.39 is 6.10 Å². The summed E-state index contributed by atoms with van der Waals surface area (Å²) in [4.78, 5) is 6.83. The van der Waals surface area contributed by atoms with E-state index in [2.05, 4.69) is 27.3 Å². The lowest BCUT2D eigenvalue weighted by molar-refractivity contribution is 0.186. The van der Waals surface area contributed by atoms with Crippen LogP contribution in [0.15, 0.2) is 47.5 Å². The highest BCUT2D eigenvalue weighted by Crippen LogP contribution is 2.33. The van der Waals surface area contributed by atoms with E-state index in [-0.39, 0.29) is 36.3 Å². The second-order valence-electron chi connectivity index (χ2n) is 7.34. The van der Waals surface area contributed by atoms with Gasteiger partial charge in [-0.1, -0.05) is 12.1 Å². The normalized spacial score (nSPS) is 17.1. The summed E-state index contributed by atoms with van der Waals surface area (Å²) in [7, 11) is 3.31. The molecule has 3 rings (SSSR count). The Hall–Kier alpha value is -2.07. The SMILES string of the molecule is CCNC(=NCC(O)c1ccc(F)cc1)N1CCC(c2cc(OC)cc(OC)c2)C1.I. The van der Waals surface area contributed by atoms with Gasteiger partial charge in [0.2, 0.25) is 0 Å². The Morgan fingerprint density at radius 1 is 1.19 bits per heavy atom. The van der Waals surface area contributed by atoms with Crippen molar-refractivity contribution in [2.75, 3.05) is 40.4 Å². The predicted octanol–water partition coefficient (Wildman–Crippen LogP) is 3.95. The van der Waals surface area contributed by atoms with Crippen molar-refractivity contribution in [3.63, 3.8) is 0 Å². The molecule has 31 heavy (non-hydrogen) atoms. The molecule has 1 aliphatic heterocycles. The van der Waals surface area contributed by atoms with Gasteiger partial charge in [-0.3, -0.25) is 4.99 Å². The minimum absolute atomic E-state index is 0. The quantitative estimate of drug-likeness (QED) is 0.315. The van der Waals surface area contributed by atoms with Gasteiger partial charge in [-0.25, -0.2) is 4.39 Å². The van der Waals surface area contributed by atoms with Gasteiger partial charge in [0, 0.05) is 31.6 Å². The van der Waals surface area contributed by atoms with Crippen molar-refractivity contribution in [2.24, 2.45) is 4.99 Å². The van der Waals surface area contributed by atoms with Crippen molar-refractivity contribution in [1.29, 1.82) is 0 Å². The monoisotopic (exact) mass is 543 g/mol. The van der Waals surface area contributed by atoms with Gasteiger partial charge in [-0.05, 0) is 48.7 Å². The van der Waals surface area contributed by atoms with E-state index in [1.807, 2.05) is 13.0 Å². The third-order valence-corrected chi connectivity index (χ3v) is 5.34. The van der Waals surface area contributed by atoms with E-state index in [1.54, 1.807) is 26.4 Å². The lowest BCUT2D eigenvalue weighted by Gasteiger charge is -2.22. The van der Waals surface area contributed by atoms with Crippen molar-refractivity contribution in [1.82, 2.24) is 10.2 Å². The second-order valence-corrected chi connectivity index (χ2v) is 7.34. The number of aliphatic hydroxyl groups is 1. The van der Waals surface area contributed by atoms with E-state index in [4.69, 9.17) is 9.47 Å². The standard InChI is InChI=1S/C23H30FN3O3.HI/c1-4-25-23(26-14-22(28)16-5-7-19(24)8-6-16)27-10-9-17(15-27)18-11-20(29-2)13-21(12-18)30-3;/h5-8,11-13,17,22,28H,4,9-10,14-15H2,1-3H3,(H,25,26);1H. The fourth-order valence-electron chi connectivity index (χ4n) is 3.68. The lowest BCUT2D eigenvalue weighted by atomic mass is 9.98. The maximum atomic E-state index is 13.1. The Bertz CT molecular complexity index is 841. The van der Waals surface area contributed by atoms with Crippen LogP contribution >= 0.6 is 24.0 Å². The Morgan fingerprint density at radius 3 is 2.42 bits per heavy atom. The van der Waals surface area contributed by atoms with Crippen molar-refractivity contribution in [2.45, 2.75) is 25.4 Å². The summed E-state index contributed by atoms with van der Waals surface area (Å²) in [5.74, 6) is 2.35. The van der Waals surface area contributed by atoms with Crippen LogP contribution in [0.2, 0.25) is 0 Å². The molecule has 1 saturated heterocycles. The molecule has 0 aliphatic carbocycles. The average molecular weight is 543 g/mol. The first-order valence-corrected chi connectivity index (χ1v) is 10.2. The number of ether oxygens (including phenoxy) is 2. The van der Waals surface area contributed by atoms with Crippen LogP contribution in [-0.4, -0.2) is 56.4 Å². The molecular formula is C23H31FIN3O3. The molecule has 1 fully saturated rings. The number of aliphatic hydroxyl groups excluding tert-OH is 1. The van der Waals surface area contributed by atoms with Gasteiger partial charge in [-0.2, -0.15) is 0 Å². The number of methoxy groups -OCH3 is 2. The second kappa shape index (κ2) is 12.1. The van der Waals surface area contributed by atoms with Gasteiger partial charge in [0.05, 0.1) is 26.9 Å². The molecule has 1 heterocycles. The van der Waals surface area contributed by atoms with Crippen LogP contribution in [0.3, 0.4) is 0 Å². The van der Waals surface area contributed by atoms with Crippen LogP contribution < -0.4 is 14.8 Å². The number of guanidine groups is 1. The molecule has 1 aliphatic rings. The maximum Gasteiger partial charge on any atom is 0.194 e. The summed E-state index contributed by atoms with van der Waals surface area (Å²) in [5.41, 5.74) is 1.83. The Labute approximate surface area is 200 Å². The van der Waals surface area contributed by atoms with Gasteiger partial charge in [-0.15, -0.1) is 24.0 Å². The molecule has 0 amide bonds. The number of hydrogen-bond donors (Lipinski definition) is 2. The molecule has 2 unspecified atom stereocenters. The maximum absolute atomic E-state index is 13.1. The molecule has 0 radical (unpaired) electrons. The van der Waals surface area contributed by atoms with E-state index in [9.17, 15) is 9.50 Å². The predicted molar refractivity (Wildman–Crippen MR) is 131 cm³/mol. The summed E-state index contributed by atoms with van der Waals surface area (Å²) in [6.07, 6.45) is 0.210. The zero-order valence-electron chi connectivity index (χ0n) is 18.2. The van der Waals surface area contributed by atoms with Crippen molar-refractivity contribution >= 4 is 29.9 Å². The van der Waals surface area contributed by atoms with Gasteiger partial charge < -0.3 is 24.8 Å². The molecule has 0 aromatic heterocycles. The molecule has 0 saturated carbocycles. The summed E-state index contributed by atoms with van der Waals surface area (Å²) < 4.78 is 23.9. The van der Waals surface area contributed by atoms with Gasteiger partial charge >= 0.3 is 0 Å². The fourth-order valence-corrected chi connectivity index (χ4v) is 3.68. The van der Waals surface area contributed by atoms with E-state index in [1.165, 1.54) is 17.7 Å². The third-order valence-electron chi connectivity index (χ3n) is 5.34. The Balaban J connectivity index is 0.00000341. The lowest BCUT2D eigenvalue weighted by Crippen LogP contribution is -2.40. The first kappa shape index (κ1) is 25.2. The van der Waals surface area contributed by atoms with Gasteiger partial charge in [0.1, 0.15) is 17.3 Å². The fraction of sp³-hybridized carbons (Fsp3) is 0.435. The number of nitrogens with one attached hydrogen (secondary N) is 1. The minimum Gasteiger partial charge on any atom is -0.497 e. The van der Waals surface area contributed by atoms with Crippen molar-refractivity contribution < 1.29 is 19.0 Å². The molecule has 2 aromatic rings. The van der Waals surface area contributed by atoms with Gasteiger partial charge in [0.25, 0.3) is 0 Å². The Kier molecular flexibility index (Phi) is 9.83. The number of nitrogens with zero attached hydrogens (tertiary/aromatic N) is 2. The molecule has 2 aromatic carbocycles. The summed E-state index contributed by atoms with van der Waals surface area (Å²) in [6.45, 7) is 4.64. The van der Waals surface area contributed by atoms with Crippen LogP contribution in [-0.2, 0) is 0 Å². The topological polar surface area (TPSA) is 66.3 Å². The number of aliphatic imine (C=N–C) groups is 1. The molecule has 0 spiro atoms. The Morgan fingerprint density at radius 2 is 1.84 bits per heavy atom. The van der Waals surface area contributed by atoms with Crippen LogP contribution in [0.4, 0.5) is 4.39 Å². The first-order valence-electron chi connectivity index (χ1n) is 10.2.